The third-order valence-corrected chi connectivity index (χ3v) is 5.96. The van der Waals surface area contributed by atoms with E-state index in [9.17, 15) is 19.5 Å². The minimum Gasteiger partial charge on any atom is -0.481 e. The highest BCUT2D eigenvalue weighted by molar-refractivity contribution is 7.15. The van der Waals surface area contributed by atoms with E-state index in [0.717, 1.165) is 5.56 Å². The quantitative estimate of drug-likeness (QED) is 0.466. The summed E-state index contributed by atoms with van der Waals surface area (Å²) in [5.74, 6) is -3.48. The lowest BCUT2D eigenvalue weighted by molar-refractivity contribution is -0.146. The molecule has 0 saturated carbocycles. The number of ether oxygens (including phenoxy) is 1. The molecule has 6 nitrogen and oxygen atoms in total. The first-order valence-electron chi connectivity index (χ1n) is 9.55. The fraction of sp³-hybridized carbons (Fsp3) is 0.318. The van der Waals surface area contributed by atoms with Crippen LogP contribution in [-0.2, 0) is 14.3 Å². The number of aliphatic carboxylic acids is 1. The Kier molecular flexibility index (Phi) is 6.95. The van der Waals surface area contributed by atoms with Crippen molar-refractivity contribution in [3.8, 4) is 11.1 Å². The number of benzene rings is 1. The van der Waals surface area contributed by atoms with E-state index in [4.69, 9.17) is 16.3 Å². The van der Waals surface area contributed by atoms with Crippen molar-refractivity contribution >= 4 is 45.8 Å². The zero-order chi connectivity index (χ0) is 21.8. The number of carbonyl (C=O) groups excluding carboxylic acids is 2. The number of carboxylic acids is 1. The molecule has 1 aliphatic rings. The lowest BCUT2D eigenvalue weighted by Gasteiger charge is -2.24. The summed E-state index contributed by atoms with van der Waals surface area (Å²) in [6.45, 7) is 3.49. The highest BCUT2D eigenvalue weighted by Gasteiger charge is 2.35. The fourth-order valence-electron chi connectivity index (χ4n) is 3.35. The largest absolute Gasteiger partial charge is 0.481 e. The Bertz CT molecular complexity index is 980. The lowest BCUT2D eigenvalue weighted by Crippen LogP contribution is -2.34. The van der Waals surface area contributed by atoms with Gasteiger partial charge in [-0.1, -0.05) is 35.9 Å². The normalized spacial score (nSPS) is 18.3. The van der Waals surface area contributed by atoms with Crippen LogP contribution in [0.4, 0.5) is 5.00 Å². The molecule has 2 N–H and O–H groups in total. The van der Waals surface area contributed by atoms with Crippen molar-refractivity contribution in [2.24, 2.45) is 11.8 Å². The number of amides is 1. The van der Waals surface area contributed by atoms with Crippen LogP contribution in [0.1, 0.15) is 37.0 Å². The molecule has 0 saturated heterocycles. The van der Waals surface area contributed by atoms with Gasteiger partial charge in [0.15, 0.2) is 0 Å². The molecule has 0 unspecified atom stereocenters. The highest BCUT2D eigenvalue weighted by Crippen LogP contribution is 2.38. The molecule has 0 bridgehead atoms. The molecule has 1 amide bonds. The summed E-state index contributed by atoms with van der Waals surface area (Å²) in [5, 5.41) is 14.9. The summed E-state index contributed by atoms with van der Waals surface area (Å²) in [6, 6.07) is 7.01. The molecule has 2 atom stereocenters. The second-order valence-corrected chi connectivity index (χ2v) is 8.61. The van der Waals surface area contributed by atoms with E-state index in [1.54, 1.807) is 49.6 Å². The highest BCUT2D eigenvalue weighted by atomic mass is 35.5. The Labute approximate surface area is 183 Å². The van der Waals surface area contributed by atoms with Crippen molar-refractivity contribution in [3.05, 3.63) is 52.4 Å². The maximum atomic E-state index is 12.9. The first-order chi connectivity index (χ1) is 14.3. The monoisotopic (exact) mass is 447 g/mol. The molecule has 1 aromatic carbocycles. The molecule has 0 fully saturated rings. The van der Waals surface area contributed by atoms with Crippen LogP contribution in [0.3, 0.4) is 0 Å². The molecule has 3 rings (SSSR count). The van der Waals surface area contributed by atoms with Crippen molar-refractivity contribution in [1.29, 1.82) is 0 Å². The van der Waals surface area contributed by atoms with Gasteiger partial charge < -0.3 is 15.2 Å². The molecule has 30 heavy (non-hydrogen) atoms. The van der Waals surface area contributed by atoms with Crippen LogP contribution in [0, 0.1) is 11.8 Å². The average Bonchev–Trinajstić information content (AvgIpc) is 3.11. The van der Waals surface area contributed by atoms with Gasteiger partial charge in [-0.15, -0.1) is 11.3 Å². The van der Waals surface area contributed by atoms with Gasteiger partial charge in [0.25, 0.3) is 0 Å². The summed E-state index contributed by atoms with van der Waals surface area (Å²) >= 11 is 7.17. The van der Waals surface area contributed by atoms with Crippen molar-refractivity contribution in [1.82, 2.24) is 0 Å². The number of esters is 1. The Morgan fingerprint density at radius 2 is 1.77 bits per heavy atom. The molecule has 8 heteroatoms. The number of anilines is 1. The van der Waals surface area contributed by atoms with E-state index in [0.29, 0.717) is 28.4 Å². The molecule has 1 aliphatic carbocycles. The van der Waals surface area contributed by atoms with Gasteiger partial charge in [0.2, 0.25) is 5.91 Å². The van der Waals surface area contributed by atoms with Gasteiger partial charge in [-0.2, -0.15) is 0 Å². The summed E-state index contributed by atoms with van der Waals surface area (Å²) in [5.41, 5.74) is 1.63. The van der Waals surface area contributed by atoms with Gasteiger partial charge in [-0.05, 0) is 44.4 Å². The van der Waals surface area contributed by atoms with Gasteiger partial charge in [-0.3, -0.25) is 9.59 Å². The van der Waals surface area contributed by atoms with Crippen molar-refractivity contribution in [2.45, 2.75) is 32.8 Å². The predicted octanol–water partition coefficient (Wildman–Crippen LogP) is 5.24. The number of nitrogens with one attached hydrogen (secondary N) is 1. The molecular formula is C22H22ClNO5S. The number of hydrogen-bond acceptors (Lipinski definition) is 5. The van der Waals surface area contributed by atoms with Crippen LogP contribution in [-0.4, -0.2) is 29.1 Å². The van der Waals surface area contributed by atoms with Gasteiger partial charge >= 0.3 is 11.9 Å². The molecule has 0 aliphatic heterocycles. The Morgan fingerprint density at radius 1 is 1.13 bits per heavy atom. The zero-order valence-electron chi connectivity index (χ0n) is 16.6. The maximum absolute atomic E-state index is 12.9. The molecule has 1 aromatic heterocycles. The van der Waals surface area contributed by atoms with Gasteiger partial charge in [0, 0.05) is 16.0 Å². The van der Waals surface area contributed by atoms with Gasteiger partial charge in [0.05, 0.1) is 17.9 Å². The zero-order valence-corrected chi connectivity index (χ0v) is 18.1. The third kappa shape index (κ3) is 4.91. The number of carboxylic acid groups (broad SMARTS) is 1. The molecule has 2 aromatic rings. The number of halogens is 1. The molecule has 0 radical (unpaired) electrons. The van der Waals surface area contributed by atoms with Crippen molar-refractivity contribution in [3.63, 3.8) is 0 Å². The summed E-state index contributed by atoms with van der Waals surface area (Å²) in [6.07, 6.45) is 3.89. The van der Waals surface area contributed by atoms with Crippen molar-refractivity contribution in [2.75, 3.05) is 5.32 Å². The minimum absolute atomic E-state index is 0.252. The van der Waals surface area contributed by atoms with Crippen LogP contribution in [0.5, 0.6) is 0 Å². The van der Waals surface area contributed by atoms with E-state index < -0.39 is 29.7 Å². The number of hydrogen-bond donors (Lipinski definition) is 2. The molecule has 1 heterocycles. The number of rotatable bonds is 6. The van der Waals surface area contributed by atoms with E-state index in [-0.39, 0.29) is 11.7 Å². The number of carbonyl (C=O) groups is 3. The van der Waals surface area contributed by atoms with E-state index in [1.807, 2.05) is 6.08 Å². The SMILES string of the molecule is CC(C)OC(=O)c1c(-c2ccc(Cl)cc2)csc1NC(=O)[C@@H]1CC=CC[C@@H]1C(=O)O. The maximum Gasteiger partial charge on any atom is 0.342 e. The second kappa shape index (κ2) is 9.45. The lowest BCUT2D eigenvalue weighted by atomic mass is 9.82. The molecule has 158 valence electrons. The standard InChI is InChI=1S/C22H22ClNO5S/c1-12(2)29-22(28)18-17(13-7-9-14(23)10-8-13)11-30-20(18)24-19(25)15-5-3-4-6-16(15)21(26)27/h3-4,7-12,15-16H,5-6H2,1-2H3,(H,24,25)(H,26,27)/t15-,16+/m1/s1. The smallest absolute Gasteiger partial charge is 0.342 e. The predicted molar refractivity (Wildman–Crippen MR) is 117 cm³/mol. The van der Waals surface area contributed by atoms with Crippen LogP contribution in [0.15, 0.2) is 41.8 Å². The van der Waals surface area contributed by atoms with Gasteiger partial charge in [0.1, 0.15) is 10.6 Å². The Balaban J connectivity index is 1.95. The van der Waals surface area contributed by atoms with Crippen LogP contribution in [0.25, 0.3) is 11.1 Å². The second-order valence-electron chi connectivity index (χ2n) is 7.30. The van der Waals surface area contributed by atoms with E-state index in [2.05, 4.69) is 5.32 Å². The third-order valence-electron chi connectivity index (χ3n) is 4.82. The van der Waals surface area contributed by atoms with Crippen LogP contribution < -0.4 is 5.32 Å². The average molecular weight is 448 g/mol. The molecular weight excluding hydrogens is 426 g/mol. The van der Waals surface area contributed by atoms with Gasteiger partial charge in [-0.25, -0.2) is 4.79 Å². The Hall–Kier alpha value is -2.64. The Morgan fingerprint density at radius 3 is 2.37 bits per heavy atom. The van der Waals surface area contributed by atoms with Crippen LogP contribution in [0.2, 0.25) is 5.02 Å². The summed E-state index contributed by atoms with van der Waals surface area (Å²) in [7, 11) is 0. The molecule has 0 spiro atoms. The topological polar surface area (TPSA) is 92.7 Å². The summed E-state index contributed by atoms with van der Waals surface area (Å²) in [4.78, 5) is 37.3. The van der Waals surface area contributed by atoms with E-state index in [1.165, 1.54) is 11.3 Å². The van der Waals surface area contributed by atoms with E-state index >= 15 is 0 Å². The summed E-state index contributed by atoms with van der Waals surface area (Å²) < 4.78 is 5.39. The van der Waals surface area contributed by atoms with Crippen molar-refractivity contribution < 1.29 is 24.2 Å². The fourth-order valence-corrected chi connectivity index (χ4v) is 4.44. The minimum atomic E-state index is -1.01. The first kappa shape index (κ1) is 22.1. The first-order valence-corrected chi connectivity index (χ1v) is 10.8. The number of thiophene rings is 1. The number of allylic oxidation sites excluding steroid dienone is 2. The van der Waals surface area contributed by atoms with Crippen LogP contribution >= 0.6 is 22.9 Å².